The van der Waals surface area contributed by atoms with E-state index in [-0.39, 0.29) is 11.8 Å². The van der Waals surface area contributed by atoms with E-state index in [4.69, 9.17) is 0 Å². The Morgan fingerprint density at radius 1 is 1.11 bits per heavy atom. The minimum Gasteiger partial charge on any atom is -0.507 e. The highest BCUT2D eigenvalue weighted by Crippen LogP contribution is 2.22. The Morgan fingerprint density at radius 2 is 1.84 bits per heavy atom. The summed E-state index contributed by atoms with van der Waals surface area (Å²) >= 11 is 0. The monoisotopic (exact) mass is 253 g/mol. The molecule has 0 radical (unpaired) electrons. The number of aryl methyl sites for hydroxylation is 2. The van der Waals surface area contributed by atoms with Crippen molar-refractivity contribution in [3.8, 4) is 5.75 Å². The molecule has 0 bridgehead atoms. The number of aromatic hydroxyl groups is 1. The quantitative estimate of drug-likeness (QED) is 0.817. The van der Waals surface area contributed by atoms with Crippen LogP contribution < -0.4 is 0 Å². The number of para-hydroxylation sites is 1. The lowest BCUT2D eigenvalue weighted by Gasteiger charge is -2.11. The zero-order valence-corrected chi connectivity index (χ0v) is 11.6. The van der Waals surface area contributed by atoms with E-state index >= 15 is 0 Å². The van der Waals surface area contributed by atoms with Crippen LogP contribution in [0.3, 0.4) is 0 Å². The van der Waals surface area contributed by atoms with Crippen molar-refractivity contribution in [1.29, 1.82) is 0 Å². The number of aliphatic imine (C=N–C) groups is 1. The second-order valence-electron chi connectivity index (χ2n) is 4.87. The van der Waals surface area contributed by atoms with Crippen LogP contribution >= 0.6 is 0 Å². The van der Waals surface area contributed by atoms with Crippen molar-refractivity contribution in [3.63, 3.8) is 0 Å². The van der Waals surface area contributed by atoms with Gasteiger partial charge in [0, 0.05) is 11.8 Å². The molecule has 1 N–H and O–H groups in total. The van der Waals surface area contributed by atoms with Gasteiger partial charge in [-0.15, -0.1) is 0 Å². The second kappa shape index (κ2) is 5.70. The lowest BCUT2D eigenvalue weighted by atomic mass is 10.0. The Hall–Kier alpha value is -2.09. The predicted octanol–water partition coefficient (Wildman–Crippen LogP) is 4.19. The molecular weight excluding hydrogens is 234 g/mol. The largest absolute Gasteiger partial charge is 0.507 e. The van der Waals surface area contributed by atoms with Crippen LogP contribution in [0.15, 0.2) is 47.5 Å². The van der Waals surface area contributed by atoms with E-state index in [1.165, 1.54) is 16.7 Å². The standard InChI is InChI=1S/C17H19NO/c1-12-8-9-13(2)16(10-12)14(3)18-11-15-6-4-5-7-17(15)19/h4-11,14,19H,1-3H3/t14-/m1/s1. The number of phenolic OH excluding ortho intramolecular Hbond substituents is 1. The number of benzene rings is 2. The first kappa shape index (κ1) is 13.3. The van der Waals surface area contributed by atoms with Crippen molar-refractivity contribution in [2.45, 2.75) is 26.8 Å². The lowest BCUT2D eigenvalue weighted by molar-refractivity contribution is 0.474. The van der Waals surface area contributed by atoms with Crippen LogP contribution in [0.1, 0.15) is 35.2 Å². The van der Waals surface area contributed by atoms with E-state index in [9.17, 15) is 5.11 Å². The van der Waals surface area contributed by atoms with Crippen LogP contribution in [-0.2, 0) is 0 Å². The summed E-state index contributed by atoms with van der Waals surface area (Å²) in [6, 6.07) is 13.7. The molecule has 0 saturated carbocycles. The van der Waals surface area contributed by atoms with Gasteiger partial charge in [-0.3, -0.25) is 4.99 Å². The van der Waals surface area contributed by atoms with Crippen molar-refractivity contribution in [3.05, 3.63) is 64.7 Å². The van der Waals surface area contributed by atoms with Crippen LogP contribution in [0.2, 0.25) is 0 Å². The maximum Gasteiger partial charge on any atom is 0.124 e. The van der Waals surface area contributed by atoms with E-state index in [0.29, 0.717) is 0 Å². The van der Waals surface area contributed by atoms with Gasteiger partial charge in [0.05, 0.1) is 6.04 Å². The van der Waals surface area contributed by atoms with Crippen LogP contribution in [0.5, 0.6) is 5.75 Å². The fourth-order valence-electron chi connectivity index (χ4n) is 2.08. The van der Waals surface area contributed by atoms with Crippen molar-refractivity contribution in [1.82, 2.24) is 0 Å². The smallest absolute Gasteiger partial charge is 0.124 e. The molecule has 0 aliphatic heterocycles. The molecule has 0 saturated heterocycles. The molecule has 19 heavy (non-hydrogen) atoms. The zero-order valence-electron chi connectivity index (χ0n) is 11.6. The molecule has 0 heterocycles. The van der Waals surface area contributed by atoms with Gasteiger partial charge in [-0.05, 0) is 44.0 Å². The van der Waals surface area contributed by atoms with Crippen LogP contribution in [0.25, 0.3) is 0 Å². The molecule has 2 aromatic rings. The van der Waals surface area contributed by atoms with Gasteiger partial charge in [0.1, 0.15) is 5.75 Å². The number of hydrogen-bond donors (Lipinski definition) is 1. The number of rotatable bonds is 3. The van der Waals surface area contributed by atoms with Crippen LogP contribution in [0, 0.1) is 13.8 Å². The first-order valence-electron chi connectivity index (χ1n) is 6.46. The summed E-state index contributed by atoms with van der Waals surface area (Å²) in [5, 5.41) is 9.70. The number of phenols is 1. The summed E-state index contributed by atoms with van der Waals surface area (Å²) in [6.45, 7) is 6.25. The Kier molecular flexibility index (Phi) is 4.00. The predicted molar refractivity (Wildman–Crippen MR) is 80.0 cm³/mol. The second-order valence-corrected chi connectivity index (χ2v) is 4.87. The Balaban J connectivity index is 2.24. The molecule has 0 spiro atoms. The molecule has 98 valence electrons. The summed E-state index contributed by atoms with van der Waals surface area (Å²) < 4.78 is 0. The molecule has 0 aliphatic carbocycles. The molecule has 2 aromatic carbocycles. The minimum atomic E-state index is 0.0829. The maximum atomic E-state index is 9.70. The van der Waals surface area contributed by atoms with E-state index in [1.807, 2.05) is 12.1 Å². The molecule has 1 atom stereocenters. The molecule has 0 unspecified atom stereocenters. The summed E-state index contributed by atoms with van der Waals surface area (Å²) in [7, 11) is 0. The van der Waals surface area contributed by atoms with Crippen LogP contribution in [-0.4, -0.2) is 11.3 Å². The van der Waals surface area contributed by atoms with Crippen molar-refractivity contribution in [2.24, 2.45) is 4.99 Å². The summed E-state index contributed by atoms with van der Waals surface area (Å²) in [6.07, 6.45) is 1.74. The van der Waals surface area contributed by atoms with Gasteiger partial charge in [0.15, 0.2) is 0 Å². The molecule has 0 aliphatic rings. The Bertz CT molecular complexity index is 602. The van der Waals surface area contributed by atoms with Gasteiger partial charge >= 0.3 is 0 Å². The van der Waals surface area contributed by atoms with E-state index in [2.05, 4.69) is 44.0 Å². The lowest BCUT2D eigenvalue weighted by Crippen LogP contribution is -1.95. The highest BCUT2D eigenvalue weighted by Gasteiger charge is 2.06. The van der Waals surface area contributed by atoms with Crippen molar-refractivity contribution < 1.29 is 5.11 Å². The Labute approximate surface area is 114 Å². The number of hydrogen-bond acceptors (Lipinski definition) is 2. The fraction of sp³-hybridized carbons (Fsp3) is 0.235. The van der Waals surface area contributed by atoms with Crippen molar-refractivity contribution >= 4 is 6.21 Å². The van der Waals surface area contributed by atoms with Crippen molar-refractivity contribution in [2.75, 3.05) is 0 Å². The third kappa shape index (κ3) is 3.22. The molecule has 2 nitrogen and oxygen atoms in total. The van der Waals surface area contributed by atoms with Gasteiger partial charge in [-0.25, -0.2) is 0 Å². The first-order chi connectivity index (χ1) is 9.08. The highest BCUT2D eigenvalue weighted by molar-refractivity contribution is 5.83. The SMILES string of the molecule is Cc1ccc(C)c([C@@H](C)N=Cc2ccccc2O)c1. The average molecular weight is 253 g/mol. The van der Waals surface area contributed by atoms with Gasteiger partial charge in [0.25, 0.3) is 0 Å². The normalized spacial score (nSPS) is 12.8. The van der Waals surface area contributed by atoms with Gasteiger partial charge < -0.3 is 5.11 Å². The molecule has 0 amide bonds. The molecule has 2 rings (SSSR count). The molecule has 0 fully saturated rings. The summed E-state index contributed by atoms with van der Waals surface area (Å²) in [5.41, 5.74) is 4.46. The summed E-state index contributed by atoms with van der Waals surface area (Å²) in [4.78, 5) is 4.54. The highest BCUT2D eigenvalue weighted by atomic mass is 16.3. The molecule has 2 heteroatoms. The van der Waals surface area contributed by atoms with Gasteiger partial charge in [-0.2, -0.15) is 0 Å². The molecule has 0 aromatic heterocycles. The third-order valence-corrected chi connectivity index (χ3v) is 3.26. The summed E-state index contributed by atoms with van der Waals surface area (Å²) in [5.74, 6) is 0.263. The van der Waals surface area contributed by atoms with Gasteiger partial charge in [0.2, 0.25) is 0 Å². The number of nitrogens with zero attached hydrogens (tertiary/aromatic N) is 1. The Morgan fingerprint density at radius 3 is 2.58 bits per heavy atom. The van der Waals surface area contributed by atoms with Gasteiger partial charge in [-0.1, -0.05) is 35.9 Å². The fourth-order valence-corrected chi connectivity index (χ4v) is 2.08. The van der Waals surface area contributed by atoms with E-state index in [1.54, 1.807) is 18.3 Å². The third-order valence-electron chi connectivity index (χ3n) is 3.26. The zero-order chi connectivity index (χ0) is 13.8. The molecular formula is C17H19NO. The van der Waals surface area contributed by atoms with E-state index in [0.717, 1.165) is 5.56 Å². The van der Waals surface area contributed by atoms with Crippen LogP contribution in [0.4, 0.5) is 0 Å². The van der Waals surface area contributed by atoms with E-state index < -0.39 is 0 Å². The topological polar surface area (TPSA) is 32.6 Å². The maximum absolute atomic E-state index is 9.70. The minimum absolute atomic E-state index is 0.0829. The first-order valence-corrected chi connectivity index (χ1v) is 6.46. The average Bonchev–Trinajstić information content (AvgIpc) is 2.40.